The van der Waals surface area contributed by atoms with E-state index in [0.717, 1.165) is 0 Å². The second-order valence-electron chi connectivity index (χ2n) is 3.92. The van der Waals surface area contributed by atoms with Crippen LogP contribution in [0.3, 0.4) is 0 Å². The summed E-state index contributed by atoms with van der Waals surface area (Å²) in [5.41, 5.74) is -0.494. The molecule has 20 heavy (non-hydrogen) atoms. The Balaban J connectivity index is 2.89. The predicted octanol–water partition coefficient (Wildman–Crippen LogP) is 1.53. The van der Waals surface area contributed by atoms with E-state index in [1.54, 1.807) is 0 Å². The van der Waals surface area contributed by atoms with Gasteiger partial charge in [-0.25, -0.2) is 4.79 Å². The lowest BCUT2D eigenvalue weighted by atomic mass is 10.1. The first-order valence-electron chi connectivity index (χ1n) is 5.73. The van der Waals surface area contributed by atoms with Gasteiger partial charge in [-0.15, -0.1) is 0 Å². The zero-order chi connectivity index (χ0) is 15.1. The van der Waals surface area contributed by atoms with Crippen LogP contribution in [0.15, 0.2) is 24.3 Å². The maximum Gasteiger partial charge on any atom is 0.326 e. The van der Waals surface area contributed by atoms with Crippen molar-refractivity contribution in [2.24, 2.45) is 0 Å². The molecule has 2 N–H and O–H groups in total. The Kier molecular flexibility index (Phi) is 5.98. The summed E-state index contributed by atoms with van der Waals surface area (Å²) >= 11 is 1.46. The van der Waals surface area contributed by atoms with Crippen LogP contribution in [-0.4, -0.2) is 40.0 Å². The van der Waals surface area contributed by atoms with Crippen molar-refractivity contribution in [3.8, 4) is 0 Å². The Morgan fingerprint density at radius 2 is 2.10 bits per heavy atom. The second-order valence-corrected chi connectivity index (χ2v) is 4.91. The topological polar surface area (TPSA) is 110 Å². The molecule has 0 heterocycles. The van der Waals surface area contributed by atoms with Crippen molar-refractivity contribution in [3.63, 3.8) is 0 Å². The quantitative estimate of drug-likeness (QED) is 0.583. The first kappa shape index (κ1) is 16.0. The minimum Gasteiger partial charge on any atom is -0.480 e. The largest absolute Gasteiger partial charge is 0.480 e. The molecule has 1 atom stereocenters. The second kappa shape index (κ2) is 7.49. The fraction of sp³-hybridized carbons (Fsp3) is 0.333. The molecule has 1 aromatic rings. The van der Waals surface area contributed by atoms with Gasteiger partial charge < -0.3 is 10.4 Å². The maximum absolute atomic E-state index is 12.0. The number of amides is 1. The third-order valence-electron chi connectivity index (χ3n) is 2.56. The van der Waals surface area contributed by atoms with Crippen molar-refractivity contribution in [2.75, 3.05) is 12.0 Å². The molecule has 0 bridgehead atoms. The third-order valence-corrected chi connectivity index (χ3v) is 3.20. The molecular weight excluding hydrogens is 284 g/mol. The highest BCUT2D eigenvalue weighted by Gasteiger charge is 2.24. The standard InChI is InChI=1S/C12H14N2O5S/c1-20-7-6-9(12(16)17)13-11(15)8-4-2-3-5-10(8)14(18)19/h2-5,9H,6-7H2,1H3,(H,13,15)(H,16,17). The number of carbonyl (C=O) groups excluding carboxylic acids is 1. The van der Waals surface area contributed by atoms with E-state index in [0.29, 0.717) is 5.75 Å². The smallest absolute Gasteiger partial charge is 0.326 e. The van der Waals surface area contributed by atoms with Crippen LogP contribution in [-0.2, 0) is 4.79 Å². The molecule has 0 aromatic heterocycles. The highest BCUT2D eigenvalue weighted by molar-refractivity contribution is 7.98. The van der Waals surface area contributed by atoms with Gasteiger partial charge in [-0.3, -0.25) is 14.9 Å². The molecule has 0 saturated heterocycles. The average Bonchev–Trinajstić information content (AvgIpc) is 2.42. The molecule has 0 spiro atoms. The molecule has 1 unspecified atom stereocenters. The van der Waals surface area contributed by atoms with Crippen LogP contribution in [0.4, 0.5) is 5.69 Å². The van der Waals surface area contributed by atoms with Crippen LogP contribution < -0.4 is 5.32 Å². The Labute approximate surface area is 119 Å². The maximum atomic E-state index is 12.0. The number of nitro groups is 1. The minimum absolute atomic E-state index is 0.145. The van der Waals surface area contributed by atoms with Crippen LogP contribution >= 0.6 is 11.8 Å². The number of carboxylic acids is 1. The summed E-state index contributed by atoms with van der Waals surface area (Å²) in [5.74, 6) is -1.36. The molecule has 0 fully saturated rings. The number of nitrogens with zero attached hydrogens (tertiary/aromatic N) is 1. The Morgan fingerprint density at radius 3 is 2.65 bits per heavy atom. The SMILES string of the molecule is CSCCC(NC(=O)c1ccccc1[N+](=O)[O-])C(=O)O. The van der Waals surface area contributed by atoms with Crippen LogP contribution in [0.2, 0.25) is 0 Å². The fourth-order valence-electron chi connectivity index (χ4n) is 1.55. The van der Waals surface area contributed by atoms with Crippen molar-refractivity contribution >= 4 is 29.3 Å². The molecular formula is C12H14N2O5S. The summed E-state index contributed by atoms with van der Waals surface area (Å²) in [6.45, 7) is 0. The normalized spacial score (nSPS) is 11.7. The summed E-state index contributed by atoms with van der Waals surface area (Å²) < 4.78 is 0. The summed E-state index contributed by atoms with van der Waals surface area (Å²) in [6, 6.07) is 4.36. The van der Waals surface area contributed by atoms with Gasteiger partial charge in [0, 0.05) is 6.07 Å². The lowest BCUT2D eigenvalue weighted by molar-refractivity contribution is -0.385. The fourth-order valence-corrected chi connectivity index (χ4v) is 2.03. The van der Waals surface area contributed by atoms with Gasteiger partial charge in [0.05, 0.1) is 4.92 Å². The van der Waals surface area contributed by atoms with Crippen molar-refractivity contribution in [1.82, 2.24) is 5.32 Å². The summed E-state index contributed by atoms with van der Waals surface area (Å²) in [4.78, 5) is 33.1. The first-order chi connectivity index (χ1) is 9.47. The number of carbonyl (C=O) groups is 2. The Morgan fingerprint density at radius 1 is 1.45 bits per heavy atom. The van der Waals surface area contributed by atoms with Gasteiger partial charge in [-0.05, 0) is 24.5 Å². The third kappa shape index (κ3) is 4.23. The van der Waals surface area contributed by atoms with Gasteiger partial charge >= 0.3 is 5.97 Å². The number of hydrogen-bond acceptors (Lipinski definition) is 5. The van der Waals surface area contributed by atoms with Crippen molar-refractivity contribution < 1.29 is 19.6 Å². The molecule has 7 nitrogen and oxygen atoms in total. The van der Waals surface area contributed by atoms with Crippen LogP contribution in [0.1, 0.15) is 16.8 Å². The number of thioether (sulfide) groups is 1. The summed E-state index contributed by atoms with van der Waals surface area (Å²) in [6.07, 6.45) is 2.08. The number of rotatable bonds is 7. The summed E-state index contributed by atoms with van der Waals surface area (Å²) in [7, 11) is 0. The Bertz CT molecular complexity index is 520. The zero-order valence-electron chi connectivity index (χ0n) is 10.7. The minimum atomic E-state index is -1.16. The zero-order valence-corrected chi connectivity index (χ0v) is 11.6. The van der Waals surface area contributed by atoms with E-state index in [1.807, 2.05) is 6.26 Å². The number of nitro benzene ring substituents is 1. The highest BCUT2D eigenvalue weighted by Crippen LogP contribution is 2.17. The number of carboxylic acid groups (broad SMARTS) is 1. The molecule has 1 aromatic carbocycles. The molecule has 0 aliphatic rings. The molecule has 0 aliphatic heterocycles. The van der Waals surface area contributed by atoms with E-state index in [2.05, 4.69) is 5.32 Å². The number of para-hydroxylation sites is 1. The van der Waals surface area contributed by atoms with Gasteiger partial charge in [-0.2, -0.15) is 11.8 Å². The van der Waals surface area contributed by atoms with Gasteiger partial charge in [0.25, 0.3) is 11.6 Å². The average molecular weight is 298 g/mol. The first-order valence-corrected chi connectivity index (χ1v) is 7.12. The highest BCUT2D eigenvalue weighted by atomic mass is 32.2. The van der Waals surface area contributed by atoms with E-state index in [9.17, 15) is 19.7 Å². The molecule has 0 saturated carbocycles. The van der Waals surface area contributed by atoms with Gasteiger partial charge in [0.15, 0.2) is 0 Å². The van der Waals surface area contributed by atoms with Crippen LogP contribution in [0, 0.1) is 10.1 Å². The monoisotopic (exact) mass is 298 g/mol. The van der Waals surface area contributed by atoms with Crippen molar-refractivity contribution in [1.29, 1.82) is 0 Å². The lowest BCUT2D eigenvalue weighted by Crippen LogP contribution is -2.41. The van der Waals surface area contributed by atoms with E-state index in [1.165, 1.54) is 36.0 Å². The van der Waals surface area contributed by atoms with E-state index in [4.69, 9.17) is 5.11 Å². The number of nitrogens with one attached hydrogen (secondary N) is 1. The predicted molar refractivity (Wildman–Crippen MR) is 75.0 cm³/mol. The van der Waals surface area contributed by atoms with Crippen molar-refractivity contribution in [3.05, 3.63) is 39.9 Å². The number of benzene rings is 1. The van der Waals surface area contributed by atoms with E-state index >= 15 is 0 Å². The number of aliphatic carboxylic acids is 1. The molecule has 0 aliphatic carbocycles. The molecule has 8 heteroatoms. The van der Waals surface area contributed by atoms with Gasteiger partial charge in [0.2, 0.25) is 0 Å². The molecule has 108 valence electrons. The van der Waals surface area contributed by atoms with Crippen LogP contribution in [0.25, 0.3) is 0 Å². The van der Waals surface area contributed by atoms with Crippen LogP contribution in [0.5, 0.6) is 0 Å². The van der Waals surface area contributed by atoms with Gasteiger partial charge in [-0.1, -0.05) is 12.1 Å². The van der Waals surface area contributed by atoms with Gasteiger partial charge in [0.1, 0.15) is 11.6 Å². The van der Waals surface area contributed by atoms with E-state index in [-0.39, 0.29) is 17.7 Å². The van der Waals surface area contributed by atoms with E-state index < -0.39 is 22.8 Å². The molecule has 1 rings (SSSR count). The lowest BCUT2D eigenvalue weighted by Gasteiger charge is -2.13. The molecule has 0 radical (unpaired) electrons. The summed E-state index contributed by atoms with van der Waals surface area (Å²) in [5, 5.41) is 22.1. The Hall–Kier alpha value is -2.09. The molecule has 1 amide bonds. The number of hydrogen-bond donors (Lipinski definition) is 2. The van der Waals surface area contributed by atoms with Crippen molar-refractivity contribution in [2.45, 2.75) is 12.5 Å².